The first-order valence-electron chi connectivity index (χ1n) is 12.9. The van der Waals surface area contributed by atoms with Crippen LogP contribution >= 0.6 is 11.8 Å². The minimum absolute atomic E-state index is 0.0524. The van der Waals surface area contributed by atoms with Crippen LogP contribution in [0.3, 0.4) is 0 Å². The van der Waals surface area contributed by atoms with Crippen LogP contribution in [0.1, 0.15) is 30.2 Å². The average Bonchev–Trinajstić information content (AvgIpc) is 3.48. The van der Waals surface area contributed by atoms with Gasteiger partial charge in [-0.25, -0.2) is 0 Å². The van der Waals surface area contributed by atoms with Crippen LogP contribution in [0.25, 0.3) is 28.4 Å². The first kappa shape index (κ1) is 27.7. The minimum atomic E-state index is -2.07. The average molecular weight is 597 g/mol. The number of phenols is 1. The number of phenolic OH excluding ortho intramolecular Hbond substituents is 1. The van der Waals surface area contributed by atoms with Crippen molar-refractivity contribution < 1.29 is 20.1 Å². The fourth-order valence-corrected chi connectivity index (χ4v) is 7.04. The maximum Gasteiger partial charge on any atom is 0.260 e. The highest BCUT2D eigenvalue weighted by Crippen LogP contribution is 2.56. The Balaban J connectivity index is 1.80. The second-order valence-corrected chi connectivity index (χ2v) is 10.9. The third-order valence-corrected chi connectivity index (χ3v) is 8.88. The number of aliphatic hydroxyl groups is 2. The molecule has 1 atom stereocenters. The van der Waals surface area contributed by atoms with Crippen LogP contribution in [0.15, 0.2) is 59.2 Å². The smallest absolute Gasteiger partial charge is 0.260 e. The number of thiocyanates is 1. The highest BCUT2D eigenvalue weighted by molar-refractivity contribution is 8.04. The van der Waals surface area contributed by atoms with Gasteiger partial charge >= 0.3 is 0 Å². The van der Waals surface area contributed by atoms with Crippen LogP contribution in [-0.2, 0) is 11.8 Å². The number of nitrogens with zero attached hydrogens (tertiary/aromatic N) is 1. The van der Waals surface area contributed by atoms with Crippen molar-refractivity contribution in [2.75, 3.05) is 7.11 Å². The molecular formula is C31H20N2O9S. The number of rotatable bonds is 4. The molecule has 43 heavy (non-hydrogen) atoms. The van der Waals surface area contributed by atoms with Crippen molar-refractivity contribution in [1.82, 2.24) is 4.98 Å². The lowest BCUT2D eigenvalue weighted by atomic mass is 9.78. The fraction of sp³-hybridized carbons (Fsp3) is 0.161. The molecule has 4 N–H and O–H groups in total. The number of pyridine rings is 1. The number of aromatic hydroxyl groups is 1. The summed E-state index contributed by atoms with van der Waals surface area (Å²) in [6.45, 7) is 1.82. The topological polar surface area (TPSA) is 195 Å². The number of allylic oxidation sites excluding steroid dienone is 3. The highest BCUT2D eigenvalue weighted by atomic mass is 32.2. The molecule has 1 heterocycles. The van der Waals surface area contributed by atoms with Gasteiger partial charge in [0.25, 0.3) is 5.56 Å². The Bertz CT molecular complexity index is 2530. The lowest BCUT2D eigenvalue weighted by Gasteiger charge is -2.27. The van der Waals surface area contributed by atoms with Crippen molar-refractivity contribution >= 4 is 40.1 Å². The Kier molecular flexibility index (Phi) is 6.18. The van der Waals surface area contributed by atoms with Gasteiger partial charge in [-0.05, 0) is 49.2 Å². The fourth-order valence-electron chi connectivity index (χ4n) is 6.35. The molecule has 6 rings (SSSR count). The van der Waals surface area contributed by atoms with E-state index in [4.69, 9.17) is 4.74 Å². The summed E-state index contributed by atoms with van der Waals surface area (Å²) in [5.41, 5.74) is -6.58. The molecule has 0 unspecified atom stereocenters. The van der Waals surface area contributed by atoms with Crippen LogP contribution in [-0.4, -0.2) is 27.4 Å². The SMILES string of the molecule is CC=CC=Cc1cc2c(SC#N)c3c(c(O)c2c(=O)[nH]1)[C@@]1(CC3)C(O)=c2c(=O)c3c(=O)cc(OC)c(=O)c=3c(=O)c2=C1O. The summed E-state index contributed by atoms with van der Waals surface area (Å²) in [7, 11) is 1.11. The van der Waals surface area contributed by atoms with E-state index in [1.54, 1.807) is 30.4 Å². The van der Waals surface area contributed by atoms with Gasteiger partial charge in [0.05, 0.1) is 33.4 Å². The van der Waals surface area contributed by atoms with Crippen molar-refractivity contribution in [2.24, 2.45) is 0 Å². The lowest BCUT2D eigenvalue weighted by molar-refractivity contribution is 0.362. The second-order valence-electron chi connectivity index (χ2n) is 10.1. The zero-order valence-electron chi connectivity index (χ0n) is 22.5. The summed E-state index contributed by atoms with van der Waals surface area (Å²) in [6.07, 6.45) is 6.72. The quantitative estimate of drug-likeness (QED) is 0.147. The predicted octanol–water partition coefficient (Wildman–Crippen LogP) is 0.676. The Labute approximate surface area is 243 Å². The normalized spacial score (nSPS) is 17.5. The molecule has 0 aliphatic heterocycles. The number of aromatic amines is 1. The van der Waals surface area contributed by atoms with E-state index in [0.29, 0.717) is 23.0 Å². The molecule has 214 valence electrons. The number of aromatic nitrogens is 1. The molecule has 2 aromatic rings. The molecule has 11 nitrogen and oxygen atoms in total. The number of hydrogen-bond donors (Lipinski definition) is 4. The molecule has 0 fully saturated rings. The van der Waals surface area contributed by atoms with Crippen molar-refractivity contribution in [3.8, 4) is 16.9 Å². The molecule has 0 bridgehead atoms. The van der Waals surface area contributed by atoms with E-state index in [9.17, 15) is 44.6 Å². The molecule has 1 spiro atoms. The van der Waals surface area contributed by atoms with Gasteiger partial charge in [-0.1, -0.05) is 18.2 Å². The minimum Gasteiger partial charge on any atom is -0.510 e. The largest absolute Gasteiger partial charge is 0.510 e. The Hall–Kier alpha value is -5.41. The van der Waals surface area contributed by atoms with E-state index in [-0.39, 0.29) is 34.1 Å². The first-order chi connectivity index (χ1) is 20.5. The van der Waals surface area contributed by atoms with Crippen molar-refractivity contribution in [1.29, 1.82) is 5.26 Å². The number of benzene rings is 1. The van der Waals surface area contributed by atoms with Crippen LogP contribution in [0.4, 0.5) is 0 Å². The van der Waals surface area contributed by atoms with E-state index in [2.05, 4.69) is 4.98 Å². The van der Waals surface area contributed by atoms with Crippen molar-refractivity contribution in [2.45, 2.75) is 30.1 Å². The number of methoxy groups -OCH3 is 1. The van der Waals surface area contributed by atoms with E-state index in [1.165, 1.54) is 0 Å². The van der Waals surface area contributed by atoms with Gasteiger partial charge in [0, 0.05) is 27.6 Å². The summed E-state index contributed by atoms with van der Waals surface area (Å²) in [5, 5.41) is 43.6. The molecule has 0 saturated carbocycles. The number of hydrogen-bond acceptors (Lipinski definition) is 11. The number of fused-ring (bicyclic) bond motifs is 4. The Morgan fingerprint density at radius 3 is 2.28 bits per heavy atom. The molecule has 1 aromatic carbocycles. The third kappa shape index (κ3) is 3.45. The van der Waals surface area contributed by atoms with E-state index < -0.39 is 76.6 Å². The standard InChI is InChI=1S/C31H20N2O9S/c1-3-4-5-6-12-9-14-17(30(41)33-12)26(38)22-13(27(14)43-11-32)7-8-31(22)28(39)20-21(29(31)40)25(37)19-18(24(20)36)15(34)10-16(42-2)23(19)35/h3-6,9-10,38-40H,7-8H2,1-2H3,(H,33,41)/t31-/m0/s1. The summed E-state index contributed by atoms with van der Waals surface area (Å²) in [4.78, 5) is 69.3. The molecule has 0 saturated heterocycles. The van der Waals surface area contributed by atoms with Gasteiger partial charge in [0.15, 0.2) is 11.2 Å². The van der Waals surface area contributed by atoms with E-state index in [1.807, 2.05) is 12.3 Å². The number of thioether (sulfide) groups is 1. The summed E-state index contributed by atoms with van der Waals surface area (Å²) in [6, 6.07) is 2.35. The lowest BCUT2D eigenvalue weighted by Crippen LogP contribution is -2.51. The van der Waals surface area contributed by atoms with E-state index >= 15 is 0 Å². The van der Waals surface area contributed by atoms with Gasteiger partial charge in [0.1, 0.15) is 28.1 Å². The molecule has 4 aliphatic rings. The van der Waals surface area contributed by atoms with Gasteiger partial charge in [-0.15, -0.1) is 0 Å². The maximum atomic E-state index is 13.7. The monoisotopic (exact) mass is 596 g/mol. The number of nitrogens with one attached hydrogen (secondary N) is 1. The predicted molar refractivity (Wildman–Crippen MR) is 159 cm³/mol. The Morgan fingerprint density at radius 2 is 1.65 bits per heavy atom. The van der Waals surface area contributed by atoms with Gasteiger partial charge in [-0.3, -0.25) is 24.0 Å². The van der Waals surface area contributed by atoms with Crippen LogP contribution < -0.4 is 42.4 Å². The summed E-state index contributed by atoms with van der Waals surface area (Å²) >= 11 is 0.711. The Morgan fingerprint density at radius 1 is 0.977 bits per heavy atom. The second kappa shape index (κ2) is 9.57. The van der Waals surface area contributed by atoms with Gasteiger partial charge in [-0.2, -0.15) is 5.26 Å². The maximum absolute atomic E-state index is 13.7. The number of ether oxygens (including phenoxy) is 1. The molecule has 4 aliphatic carbocycles. The zero-order chi connectivity index (χ0) is 31.0. The third-order valence-electron chi connectivity index (χ3n) is 8.12. The van der Waals surface area contributed by atoms with Crippen LogP contribution in [0.2, 0.25) is 0 Å². The zero-order valence-corrected chi connectivity index (χ0v) is 23.3. The molecule has 1 aromatic heterocycles. The first-order valence-corrected chi connectivity index (χ1v) is 13.7. The highest BCUT2D eigenvalue weighted by Gasteiger charge is 2.54. The van der Waals surface area contributed by atoms with Crippen molar-refractivity contribution in [3.05, 3.63) is 119 Å². The van der Waals surface area contributed by atoms with Crippen LogP contribution in [0.5, 0.6) is 11.5 Å². The number of aliphatic hydroxyl groups excluding tert-OH is 2. The summed E-state index contributed by atoms with van der Waals surface area (Å²) < 4.78 is 4.90. The van der Waals surface area contributed by atoms with E-state index in [0.717, 1.165) is 13.2 Å². The van der Waals surface area contributed by atoms with Gasteiger partial charge < -0.3 is 25.0 Å². The van der Waals surface area contributed by atoms with Gasteiger partial charge in [0.2, 0.25) is 16.3 Å². The molecular weight excluding hydrogens is 576 g/mol. The summed E-state index contributed by atoms with van der Waals surface area (Å²) in [5.74, 6) is -2.72. The number of H-pyrrole nitrogens is 1. The van der Waals surface area contributed by atoms with Crippen LogP contribution in [0, 0.1) is 21.1 Å². The molecule has 12 heteroatoms. The number of nitriles is 1. The van der Waals surface area contributed by atoms with Crippen molar-refractivity contribution in [3.63, 3.8) is 0 Å². The molecule has 0 radical (unpaired) electrons. The molecule has 0 amide bonds.